The summed E-state index contributed by atoms with van der Waals surface area (Å²) in [4.78, 5) is 0. The van der Waals surface area contributed by atoms with Crippen LogP contribution in [0.15, 0.2) is 11.6 Å². The van der Waals surface area contributed by atoms with Crippen molar-refractivity contribution < 1.29 is 4.74 Å². The Bertz CT molecular complexity index is 307. The van der Waals surface area contributed by atoms with Crippen molar-refractivity contribution in [2.45, 2.75) is 58.5 Å². The average molecular weight is 234 g/mol. The van der Waals surface area contributed by atoms with Crippen LogP contribution >= 0.6 is 0 Å². The molecule has 5 unspecified atom stereocenters. The summed E-state index contributed by atoms with van der Waals surface area (Å²) in [6.07, 6.45) is 11.3. The maximum Gasteiger partial charge on any atom is 0.0609 e. The Morgan fingerprint density at radius 1 is 1.18 bits per heavy atom. The van der Waals surface area contributed by atoms with Crippen molar-refractivity contribution in [3.63, 3.8) is 0 Å². The molecule has 0 heterocycles. The summed E-state index contributed by atoms with van der Waals surface area (Å²) >= 11 is 0. The third kappa shape index (κ3) is 2.07. The van der Waals surface area contributed by atoms with E-state index in [4.69, 9.17) is 4.74 Å². The number of rotatable bonds is 4. The van der Waals surface area contributed by atoms with Crippen molar-refractivity contribution in [2.24, 2.45) is 23.7 Å². The largest absolute Gasteiger partial charge is 0.378 e. The molecule has 0 N–H and O–H groups in total. The molecule has 3 rings (SSSR count). The summed E-state index contributed by atoms with van der Waals surface area (Å²) in [5.41, 5.74) is 1.46. The molecule has 0 saturated heterocycles. The quantitative estimate of drug-likeness (QED) is 0.663. The molecule has 0 radical (unpaired) electrons. The molecular weight excluding hydrogens is 208 g/mol. The number of allylic oxidation sites excluding steroid dienone is 1. The van der Waals surface area contributed by atoms with Gasteiger partial charge in [-0.3, -0.25) is 0 Å². The van der Waals surface area contributed by atoms with E-state index >= 15 is 0 Å². The van der Waals surface area contributed by atoms with Gasteiger partial charge in [-0.25, -0.2) is 0 Å². The van der Waals surface area contributed by atoms with Gasteiger partial charge in [0.15, 0.2) is 0 Å². The summed E-state index contributed by atoms with van der Waals surface area (Å²) in [5, 5.41) is 0. The Balaban J connectivity index is 1.50. The fourth-order valence-corrected chi connectivity index (χ4v) is 4.71. The number of ether oxygens (including phenoxy) is 1. The Labute approximate surface area is 106 Å². The van der Waals surface area contributed by atoms with Crippen LogP contribution in [0, 0.1) is 23.7 Å². The van der Waals surface area contributed by atoms with Crippen LogP contribution in [0.25, 0.3) is 0 Å². The highest BCUT2D eigenvalue weighted by Gasteiger charge is 2.54. The SMILES string of the molecule is CC=C(C)CCOC1CC2CC1C1CCCC21. The van der Waals surface area contributed by atoms with Crippen LogP contribution in [0.3, 0.4) is 0 Å². The van der Waals surface area contributed by atoms with E-state index in [0.717, 1.165) is 36.7 Å². The van der Waals surface area contributed by atoms with Crippen molar-refractivity contribution in [3.8, 4) is 0 Å². The smallest absolute Gasteiger partial charge is 0.0609 e. The lowest BCUT2D eigenvalue weighted by Gasteiger charge is -2.31. The maximum atomic E-state index is 6.18. The third-order valence-corrected chi connectivity index (χ3v) is 5.69. The van der Waals surface area contributed by atoms with Crippen LogP contribution < -0.4 is 0 Å². The molecular formula is C16H26O. The third-order valence-electron chi connectivity index (χ3n) is 5.69. The molecule has 96 valence electrons. The normalized spacial score (nSPS) is 44.4. The monoisotopic (exact) mass is 234 g/mol. The molecule has 0 amide bonds. The van der Waals surface area contributed by atoms with E-state index < -0.39 is 0 Å². The van der Waals surface area contributed by atoms with Crippen molar-refractivity contribution >= 4 is 0 Å². The minimum absolute atomic E-state index is 0.615. The van der Waals surface area contributed by atoms with E-state index in [1.165, 1.54) is 37.7 Å². The molecule has 3 aliphatic carbocycles. The molecule has 2 bridgehead atoms. The summed E-state index contributed by atoms with van der Waals surface area (Å²) in [5.74, 6) is 4.09. The predicted octanol–water partition coefficient (Wildman–Crippen LogP) is 4.18. The standard InChI is InChI=1S/C16H26O/c1-3-11(2)7-8-17-16-10-12-9-15(16)14-6-4-5-13(12)14/h3,12-16H,4-10H2,1-2H3. The van der Waals surface area contributed by atoms with Gasteiger partial charge in [-0.2, -0.15) is 0 Å². The minimum Gasteiger partial charge on any atom is -0.378 e. The zero-order valence-electron chi connectivity index (χ0n) is 11.3. The van der Waals surface area contributed by atoms with E-state index in [1.54, 1.807) is 0 Å². The lowest BCUT2D eigenvalue weighted by atomic mass is 9.80. The van der Waals surface area contributed by atoms with Crippen LogP contribution in [0.4, 0.5) is 0 Å². The van der Waals surface area contributed by atoms with E-state index in [9.17, 15) is 0 Å². The first kappa shape index (κ1) is 11.8. The van der Waals surface area contributed by atoms with Gasteiger partial charge in [0, 0.05) is 0 Å². The number of hydrogen-bond acceptors (Lipinski definition) is 1. The van der Waals surface area contributed by atoms with Crippen LogP contribution in [-0.4, -0.2) is 12.7 Å². The first-order valence-corrected chi connectivity index (χ1v) is 7.53. The van der Waals surface area contributed by atoms with Gasteiger partial charge in [-0.15, -0.1) is 0 Å². The lowest BCUT2D eigenvalue weighted by Crippen LogP contribution is -2.30. The van der Waals surface area contributed by atoms with Gasteiger partial charge in [0.1, 0.15) is 0 Å². The first-order valence-electron chi connectivity index (χ1n) is 7.53. The number of hydrogen-bond donors (Lipinski definition) is 0. The van der Waals surface area contributed by atoms with Crippen LogP contribution in [0.1, 0.15) is 52.4 Å². The summed E-state index contributed by atoms with van der Waals surface area (Å²) in [6.45, 7) is 5.27. The van der Waals surface area contributed by atoms with Crippen LogP contribution in [0.5, 0.6) is 0 Å². The highest BCUT2D eigenvalue weighted by atomic mass is 16.5. The topological polar surface area (TPSA) is 9.23 Å². The van der Waals surface area contributed by atoms with Crippen molar-refractivity contribution in [2.75, 3.05) is 6.61 Å². The zero-order valence-corrected chi connectivity index (χ0v) is 11.3. The highest BCUT2D eigenvalue weighted by Crippen LogP contribution is 2.59. The summed E-state index contributed by atoms with van der Waals surface area (Å²) < 4.78 is 6.18. The summed E-state index contributed by atoms with van der Waals surface area (Å²) in [6, 6.07) is 0. The van der Waals surface area contributed by atoms with E-state index in [2.05, 4.69) is 19.9 Å². The first-order chi connectivity index (χ1) is 8.29. The van der Waals surface area contributed by atoms with E-state index in [0.29, 0.717) is 6.10 Å². The second kappa shape index (κ2) is 4.76. The van der Waals surface area contributed by atoms with Gasteiger partial charge in [0.05, 0.1) is 12.7 Å². The van der Waals surface area contributed by atoms with Crippen LogP contribution in [-0.2, 0) is 4.74 Å². The van der Waals surface area contributed by atoms with E-state index in [1.807, 2.05) is 0 Å². The predicted molar refractivity (Wildman–Crippen MR) is 70.8 cm³/mol. The highest BCUT2D eigenvalue weighted by molar-refractivity contribution is 5.04. The molecule has 5 atom stereocenters. The molecule has 3 aliphatic rings. The van der Waals surface area contributed by atoms with Crippen molar-refractivity contribution in [1.82, 2.24) is 0 Å². The molecule has 0 aromatic carbocycles. The Hall–Kier alpha value is -0.300. The Morgan fingerprint density at radius 3 is 2.82 bits per heavy atom. The van der Waals surface area contributed by atoms with Gasteiger partial charge in [-0.05, 0) is 69.6 Å². The molecule has 17 heavy (non-hydrogen) atoms. The number of fused-ring (bicyclic) bond motifs is 5. The van der Waals surface area contributed by atoms with Gasteiger partial charge in [0.2, 0.25) is 0 Å². The van der Waals surface area contributed by atoms with Crippen molar-refractivity contribution in [3.05, 3.63) is 11.6 Å². The molecule has 1 heteroatoms. The van der Waals surface area contributed by atoms with Gasteiger partial charge in [0.25, 0.3) is 0 Å². The lowest BCUT2D eigenvalue weighted by molar-refractivity contribution is -0.00875. The molecule has 3 saturated carbocycles. The van der Waals surface area contributed by atoms with Crippen LogP contribution in [0.2, 0.25) is 0 Å². The fourth-order valence-electron chi connectivity index (χ4n) is 4.71. The average Bonchev–Trinajstić information content (AvgIpc) is 3.00. The second-order valence-corrected chi connectivity index (χ2v) is 6.45. The molecule has 0 aromatic heterocycles. The Kier molecular flexibility index (Phi) is 3.30. The fraction of sp³-hybridized carbons (Fsp3) is 0.875. The van der Waals surface area contributed by atoms with Gasteiger partial charge in [-0.1, -0.05) is 18.1 Å². The van der Waals surface area contributed by atoms with E-state index in [-0.39, 0.29) is 0 Å². The molecule has 0 spiro atoms. The van der Waals surface area contributed by atoms with Gasteiger partial charge >= 0.3 is 0 Å². The zero-order chi connectivity index (χ0) is 11.8. The second-order valence-electron chi connectivity index (χ2n) is 6.45. The molecule has 3 fully saturated rings. The maximum absolute atomic E-state index is 6.18. The Morgan fingerprint density at radius 2 is 2.00 bits per heavy atom. The molecule has 0 aliphatic heterocycles. The molecule has 1 nitrogen and oxygen atoms in total. The molecule has 0 aromatic rings. The van der Waals surface area contributed by atoms with Gasteiger partial charge < -0.3 is 4.74 Å². The minimum atomic E-state index is 0.615. The summed E-state index contributed by atoms with van der Waals surface area (Å²) in [7, 11) is 0. The van der Waals surface area contributed by atoms with Crippen molar-refractivity contribution in [1.29, 1.82) is 0 Å².